The molecule has 1 aliphatic heterocycles. The zero-order valence-electron chi connectivity index (χ0n) is 16.3. The summed E-state index contributed by atoms with van der Waals surface area (Å²) in [6, 6.07) is 8.45. The van der Waals surface area contributed by atoms with Gasteiger partial charge in [-0.1, -0.05) is 37.5 Å². The lowest BCUT2D eigenvalue weighted by atomic mass is 9.94. The molecule has 6 nitrogen and oxygen atoms in total. The van der Waals surface area contributed by atoms with Gasteiger partial charge in [0, 0.05) is 11.6 Å². The number of rotatable bonds is 6. The molecular weight excluding hydrogens is 374 g/mol. The van der Waals surface area contributed by atoms with Crippen molar-refractivity contribution >= 4 is 18.3 Å². The van der Waals surface area contributed by atoms with Crippen LogP contribution in [0.25, 0.3) is 0 Å². The first-order chi connectivity index (χ1) is 13.3. The summed E-state index contributed by atoms with van der Waals surface area (Å²) in [6.45, 7) is 2.55. The number of hydrogen-bond acceptors (Lipinski definition) is 4. The van der Waals surface area contributed by atoms with Gasteiger partial charge in [-0.3, -0.25) is 4.79 Å². The summed E-state index contributed by atoms with van der Waals surface area (Å²) in [5.74, 6) is 1.45. The van der Waals surface area contributed by atoms with Gasteiger partial charge >= 0.3 is 0 Å². The first-order valence-electron chi connectivity index (χ1n) is 10.3. The Morgan fingerprint density at radius 2 is 2.00 bits per heavy atom. The highest BCUT2D eigenvalue weighted by Crippen LogP contribution is 2.28. The second-order valence-electron chi connectivity index (χ2n) is 7.85. The SMILES string of the molecule is Cl.O=C(NCc1nncn1C1CCCCC1)c1ccccc1CC1CCNC1. The van der Waals surface area contributed by atoms with Crippen LogP contribution in [0.1, 0.15) is 66.3 Å². The largest absolute Gasteiger partial charge is 0.345 e. The number of amides is 1. The van der Waals surface area contributed by atoms with Crippen molar-refractivity contribution in [1.82, 2.24) is 25.4 Å². The molecule has 1 atom stereocenters. The van der Waals surface area contributed by atoms with E-state index in [0.29, 0.717) is 18.5 Å². The van der Waals surface area contributed by atoms with Crippen molar-refractivity contribution < 1.29 is 4.79 Å². The van der Waals surface area contributed by atoms with Crippen molar-refractivity contribution in [2.24, 2.45) is 5.92 Å². The van der Waals surface area contributed by atoms with Gasteiger partial charge in [0.2, 0.25) is 0 Å². The van der Waals surface area contributed by atoms with Crippen molar-refractivity contribution in [3.05, 3.63) is 47.5 Å². The molecule has 2 heterocycles. The number of carbonyl (C=O) groups excluding carboxylic acids is 1. The van der Waals surface area contributed by atoms with Crippen molar-refractivity contribution in [3.63, 3.8) is 0 Å². The molecule has 2 aromatic rings. The average Bonchev–Trinajstić information content (AvgIpc) is 3.39. The van der Waals surface area contributed by atoms with E-state index in [-0.39, 0.29) is 18.3 Å². The zero-order valence-corrected chi connectivity index (χ0v) is 17.1. The number of hydrogen-bond donors (Lipinski definition) is 2. The number of nitrogens with one attached hydrogen (secondary N) is 2. The maximum Gasteiger partial charge on any atom is 0.251 e. The third-order valence-electron chi connectivity index (χ3n) is 5.96. The first-order valence-corrected chi connectivity index (χ1v) is 10.3. The van der Waals surface area contributed by atoms with E-state index in [1.54, 1.807) is 0 Å². The van der Waals surface area contributed by atoms with Gasteiger partial charge in [0.05, 0.1) is 6.54 Å². The molecule has 1 saturated heterocycles. The smallest absolute Gasteiger partial charge is 0.251 e. The molecule has 2 aliphatic rings. The third-order valence-corrected chi connectivity index (χ3v) is 5.96. The highest BCUT2D eigenvalue weighted by atomic mass is 35.5. The van der Waals surface area contributed by atoms with Crippen LogP contribution in [0.3, 0.4) is 0 Å². The number of carbonyl (C=O) groups is 1. The maximum atomic E-state index is 12.8. The number of benzene rings is 1. The monoisotopic (exact) mass is 403 g/mol. The van der Waals surface area contributed by atoms with Gasteiger partial charge in [-0.2, -0.15) is 0 Å². The number of nitrogens with zero attached hydrogens (tertiary/aromatic N) is 3. The Morgan fingerprint density at radius 1 is 1.18 bits per heavy atom. The summed E-state index contributed by atoms with van der Waals surface area (Å²) in [7, 11) is 0. The summed E-state index contributed by atoms with van der Waals surface area (Å²) in [5.41, 5.74) is 1.92. The highest BCUT2D eigenvalue weighted by molar-refractivity contribution is 5.95. The van der Waals surface area contributed by atoms with Crippen molar-refractivity contribution in [2.45, 2.75) is 57.5 Å². The fourth-order valence-electron chi connectivity index (χ4n) is 4.43. The van der Waals surface area contributed by atoms with E-state index in [0.717, 1.165) is 36.5 Å². The molecule has 1 aromatic heterocycles. The minimum atomic E-state index is -0.0187. The number of halogens is 1. The van der Waals surface area contributed by atoms with Crippen LogP contribution in [0.4, 0.5) is 0 Å². The Labute approximate surface area is 172 Å². The zero-order chi connectivity index (χ0) is 18.5. The van der Waals surface area contributed by atoms with Crippen LogP contribution in [-0.4, -0.2) is 33.8 Å². The van der Waals surface area contributed by atoms with Crippen molar-refractivity contribution in [3.8, 4) is 0 Å². The van der Waals surface area contributed by atoms with E-state index < -0.39 is 0 Å². The van der Waals surface area contributed by atoms with Crippen LogP contribution < -0.4 is 10.6 Å². The normalized spacial score (nSPS) is 19.9. The van der Waals surface area contributed by atoms with Gasteiger partial charge in [0.1, 0.15) is 6.33 Å². The van der Waals surface area contributed by atoms with E-state index in [1.165, 1.54) is 38.5 Å². The standard InChI is InChI=1S/C21H29N5O.ClH/c27-21(19-9-5-4-6-17(19)12-16-10-11-22-13-16)23-14-20-25-24-15-26(20)18-7-2-1-3-8-18;/h4-6,9,15-16,18,22H,1-3,7-8,10-14H2,(H,23,27);1H. The van der Waals surface area contributed by atoms with Crippen LogP contribution in [-0.2, 0) is 13.0 Å². The third kappa shape index (κ3) is 4.92. The van der Waals surface area contributed by atoms with E-state index in [4.69, 9.17) is 0 Å². The molecule has 1 unspecified atom stereocenters. The molecule has 1 aromatic carbocycles. The minimum Gasteiger partial charge on any atom is -0.345 e. The Kier molecular flexibility index (Phi) is 7.45. The van der Waals surface area contributed by atoms with Crippen LogP contribution in [0, 0.1) is 5.92 Å². The van der Waals surface area contributed by atoms with Gasteiger partial charge in [-0.15, -0.1) is 22.6 Å². The molecule has 1 aliphatic carbocycles. The predicted octanol–water partition coefficient (Wildman–Crippen LogP) is 3.29. The molecular formula is C21H30ClN5O. The van der Waals surface area contributed by atoms with Crippen LogP contribution in [0.2, 0.25) is 0 Å². The Bertz CT molecular complexity index is 766. The molecule has 2 N–H and O–H groups in total. The molecule has 28 heavy (non-hydrogen) atoms. The molecule has 2 fully saturated rings. The average molecular weight is 404 g/mol. The molecule has 1 saturated carbocycles. The van der Waals surface area contributed by atoms with E-state index in [2.05, 4.69) is 31.5 Å². The number of aromatic nitrogens is 3. The van der Waals surface area contributed by atoms with Gasteiger partial charge in [-0.25, -0.2) is 0 Å². The van der Waals surface area contributed by atoms with Crippen LogP contribution in [0.15, 0.2) is 30.6 Å². The summed E-state index contributed by atoms with van der Waals surface area (Å²) in [6.07, 6.45) is 10.1. The van der Waals surface area contributed by atoms with Gasteiger partial charge in [-0.05, 0) is 56.3 Å². The maximum absolute atomic E-state index is 12.8. The molecule has 0 radical (unpaired) electrons. The molecule has 0 bridgehead atoms. The summed E-state index contributed by atoms with van der Waals surface area (Å²) < 4.78 is 2.16. The second kappa shape index (κ2) is 10.0. The lowest BCUT2D eigenvalue weighted by Gasteiger charge is -2.24. The molecule has 7 heteroatoms. The second-order valence-corrected chi connectivity index (χ2v) is 7.85. The summed E-state index contributed by atoms with van der Waals surface area (Å²) in [5, 5.41) is 14.8. The predicted molar refractivity (Wildman–Crippen MR) is 112 cm³/mol. The van der Waals surface area contributed by atoms with Gasteiger partial charge in [0.25, 0.3) is 5.91 Å². The molecule has 0 spiro atoms. The highest BCUT2D eigenvalue weighted by Gasteiger charge is 2.21. The van der Waals surface area contributed by atoms with E-state index >= 15 is 0 Å². The van der Waals surface area contributed by atoms with Crippen molar-refractivity contribution in [2.75, 3.05) is 13.1 Å². The summed E-state index contributed by atoms with van der Waals surface area (Å²) >= 11 is 0. The van der Waals surface area contributed by atoms with Crippen LogP contribution in [0.5, 0.6) is 0 Å². The minimum absolute atomic E-state index is 0. The Hall–Kier alpha value is -1.92. The Balaban J connectivity index is 0.00000225. The van der Waals surface area contributed by atoms with Gasteiger partial charge in [0.15, 0.2) is 5.82 Å². The quantitative estimate of drug-likeness (QED) is 0.776. The topological polar surface area (TPSA) is 71.8 Å². The van der Waals surface area contributed by atoms with Crippen LogP contribution >= 0.6 is 12.4 Å². The first kappa shape index (κ1) is 20.8. The van der Waals surface area contributed by atoms with E-state index in [1.807, 2.05) is 24.5 Å². The fraction of sp³-hybridized carbons (Fsp3) is 0.571. The lowest BCUT2D eigenvalue weighted by molar-refractivity contribution is 0.0948. The molecule has 152 valence electrons. The van der Waals surface area contributed by atoms with E-state index in [9.17, 15) is 4.79 Å². The molecule has 4 rings (SSSR count). The lowest BCUT2D eigenvalue weighted by Crippen LogP contribution is -2.27. The summed E-state index contributed by atoms with van der Waals surface area (Å²) in [4.78, 5) is 12.8. The Morgan fingerprint density at radius 3 is 2.79 bits per heavy atom. The van der Waals surface area contributed by atoms with Gasteiger partial charge < -0.3 is 15.2 Å². The fourth-order valence-corrected chi connectivity index (χ4v) is 4.43. The van der Waals surface area contributed by atoms with Crippen molar-refractivity contribution in [1.29, 1.82) is 0 Å². The molecule has 1 amide bonds.